The van der Waals surface area contributed by atoms with Crippen LogP contribution in [0.15, 0.2) is 31.6 Å². The molecule has 9 unspecified atom stereocenters. The quantitative estimate of drug-likeness (QED) is 0.0636. The molecular weight excluding hydrogens is 868 g/mol. The van der Waals surface area contributed by atoms with Crippen LogP contribution in [-0.2, 0) is 35.9 Å². The van der Waals surface area contributed by atoms with Gasteiger partial charge < -0.3 is 41.3 Å². The number of nitrogens with one attached hydrogen (secondary N) is 3. The maximum absolute atomic E-state index is 12.4. The average Bonchev–Trinajstić information content (AvgIpc) is 3.80. The Hall–Kier alpha value is -1.35. The molecule has 2 aromatic rings. The molecule has 3 aliphatic heterocycles. The molecule has 3 aliphatic rings. The Bertz CT molecular complexity index is 2000. The van der Waals surface area contributed by atoms with Crippen LogP contribution in [0.1, 0.15) is 90.8 Å². The van der Waals surface area contributed by atoms with Gasteiger partial charge in [-0.05, 0) is 102 Å². The third-order valence-electron chi connectivity index (χ3n) is 9.82. The van der Waals surface area contributed by atoms with Crippen molar-refractivity contribution < 1.29 is 35.9 Å². The van der Waals surface area contributed by atoms with Crippen molar-refractivity contribution in [3.63, 3.8) is 0 Å². The lowest BCUT2D eigenvalue weighted by Crippen LogP contribution is -2.38. The van der Waals surface area contributed by atoms with Crippen molar-refractivity contribution in [3.8, 4) is 0 Å². The summed E-state index contributed by atoms with van der Waals surface area (Å²) in [5.41, 5.74) is -0.674. The van der Waals surface area contributed by atoms with Gasteiger partial charge in [0.25, 0.3) is 19.6 Å². The monoisotopic (exact) mass is 940 g/mol. The van der Waals surface area contributed by atoms with E-state index in [2.05, 4.69) is 47.7 Å². The largest absolute Gasteiger partial charge is 0.349 e. The molecule has 0 spiro atoms. The lowest BCUT2D eigenvalue weighted by atomic mass is 10.2. The average molecular weight is 941 g/mol. The molecule has 3 N–H and O–H groups in total. The number of ether oxygens (including phenoxy) is 2. The van der Waals surface area contributed by atoms with Crippen molar-refractivity contribution in [1.82, 2.24) is 29.1 Å². The Morgan fingerprint density at radius 1 is 0.951 bits per heavy atom. The Morgan fingerprint density at radius 3 is 2.02 bits per heavy atom. The van der Waals surface area contributed by atoms with E-state index in [1.54, 1.807) is 13.8 Å². The summed E-state index contributed by atoms with van der Waals surface area (Å²) in [5.74, 6) is 0. The zero-order valence-corrected chi connectivity index (χ0v) is 40.0. The summed E-state index contributed by atoms with van der Waals surface area (Å²) < 4.78 is 82.1. The highest BCUT2D eigenvalue weighted by Gasteiger charge is 2.43. The van der Waals surface area contributed by atoms with Crippen molar-refractivity contribution in [2.45, 2.75) is 142 Å². The fraction of sp³-hybridized carbons (Fsp3) is 0.784. The maximum Gasteiger partial charge on any atom is 0.330 e. The van der Waals surface area contributed by atoms with Gasteiger partial charge in [0.1, 0.15) is 40.2 Å². The van der Waals surface area contributed by atoms with Gasteiger partial charge in [0.2, 0.25) is 0 Å². The van der Waals surface area contributed by atoms with E-state index >= 15 is 0 Å². The van der Waals surface area contributed by atoms with Crippen LogP contribution in [0, 0.1) is 13.8 Å². The predicted molar refractivity (Wildman–Crippen MR) is 248 cm³/mol. The molecular formula is C37H66B2N6O12P2S2. The Labute approximate surface area is 377 Å². The van der Waals surface area contributed by atoms with E-state index in [0.717, 1.165) is 50.0 Å². The number of nitrogens with zero attached hydrogens (tertiary/aromatic N) is 3. The summed E-state index contributed by atoms with van der Waals surface area (Å²) in [6.45, 7) is 19.7. The highest BCUT2D eigenvalue weighted by molar-refractivity contribution is 7.95. The minimum Gasteiger partial charge on any atom is -0.349 e. The molecule has 0 bridgehead atoms. The van der Waals surface area contributed by atoms with Crippen molar-refractivity contribution in [3.05, 3.63) is 65.2 Å². The second-order valence-electron chi connectivity index (χ2n) is 15.6. The third kappa shape index (κ3) is 16.2. The van der Waals surface area contributed by atoms with E-state index in [1.807, 2.05) is 20.5 Å². The Balaban J connectivity index is 0.000000285. The highest BCUT2D eigenvalue weighted by atomic mass is 32.2. The van der Waals surface area contributed by atoms with Gasteiger partial charge in [-0.1, -0.05) is 13.8 Å². The van der Waals surface area contributed by atoms with E-state index in [-0.39, 0.29) is 55.0 Å². The fourth-order valence-electron chi connectivity index (χ4n) is 6.60. The molecule has 18 nitrogen and oxygen atoms in total. The first-order valence-electron chi connectivity index (χ1n) is 22.9. The van der Waals surface area contributed by atoms with Crippen molar-refractivity contribution in [1.29, 1.82) is 5.34 Å². The minimum atomic E-state index is -1.30. The lowest BCUT2D eigenvalue weighted by molar-refractivity contribution is -0.0377. The van der Waals surface area contributed by atoms with E-state index in [4.69, 9.17) is 41.3 Å². The number of aromatic nitrogens is 4. The normalized spacial score (nSPS) is 27.5. The van der Waals surface area contributed by atoms with Crippen molar-refractivity contribution >= 4 is 56.5 Å². The highest BCUT2D eigenvalue weighted by Crippen LogP contribution is 2.52. The molecule has 3 fully saturated rings. The summed E-state index contributed by atoms with van der Waals surface area (Å²) in [5, 5.41) is 3.37. The second-order valence-corrected chi connectivity index (χ2v) is 19.9. The number of rotatable bonds is 23. The van der Waals surface area contributed by atoms with Gasteiger partial charge >= 0.3 is 11.4 Å². The first kappa shape index (κ1) is 46.2. The SMILES string of the molecule is [2H]B([3H])CSOCC1OC(n2cc(C)c(=O)[nH]c2=O)CC1OP1OC(C)CCN1C(C)C.[2H]B([3H])CSOCC1OC(n2cc(C)c(=O)[nH]c2=O)CC1O[P@@](C)OC(C)CCNC(C)C. The fourth-order valence-corrected chi connectivity index (χ4v) is 10.3. The zero-order valence-electron chi connectivity index (χ0n) is 40.6. The first-order chi connectivity index (χ1) is 30.7. The van der Waals surface area contributed by atoms with Crippen LogP contribution in [0.3, 0.4) is 0 Å². The molecule has 0 amide bonds. The standard InChI is InChI=1S/C19H35BN3O6PS.C18H31BN3O6PS/c1-12(2)21-7-6-14(4)28-30(5)29-15-8-17(27-16(15)10-26-31-11-20)23-9-13(3)18(24)22-19(23)25;1-11(2)22-6-5-13(4)27-29(22)28-14-7-16(26-15(14)9-25-30-10-19)21-8-12(3)17(23)20-18(21)24/h9,12,14-17,21H,6-8,10-11,20H2,1-5H3,(H,22,24,25);8,11,13-16H,5-7,9-10,19H2,1-4H3,(H,20,23,24)/t14?,15?,16?,17?,30-;/m0./s1/i20TD;19TD. The summed E-state index contributed by atoms with van der Waals surface area (Å²) in [6, 6.07) is 0.677. The summed E-state index contributed by atoms with van der Waals surface area (Å²) in [4.78, 5) is 52.8. The van der Waals surface area contributed by atoms with Gasteiger partial charge in [-0.2, -0.15) is 0 Å². The number of hydrogen-bond acceptors (Lipinski definition) is 16. The molecule has 344 valence electrons. The second kappa shape index (κ2) is 26.0. The summed E-state index contributed by atoms with van der Waals surface area (Å²) >= 11 is 2.08. The number of hydrogen-bond donors (Lipinski definition) is 3. The minimum absolute atomic E-state index is 0.0197. The molecule has 10 atom stereocenters. The molecule has 0 aromatic carbocycles. The maximum atomic E-state index is 12.4. The van der Waals surface area contributed by atoms with E-state index in [9.17, 15) is 19.2 Å². The van der Waals surface area contributed by atoms with E-state index in [1.165, 1.54) is 21.5 Å². The number of H-pyrrole nitrogens is 2. The van der Waals surface area contributed by atoms with Gasteiger partial charge in [-0.25, -0.2) is 14.3 Å². The molecule has 5 rings (SSSR count). The van der Waals surface area contributed by atoms with Crippen LogP contribution in [0.2, 0.25) is 0 Å². The van der Waals surface area contributed by atoms with Crippen LogP contribution < -0.4 is 27.8 Å². The topological polar surface area (TPSA) is 199 Å². The van der Waals surface area contributed by atoms with Gasteiger partial charge in [0.05, 0.1) is 37.6 Å². The van der Waals surface area contributed by atoms with Gasteiger partial charge in [-0.3, -0.25) is 28.7 Å². The molecule has 5 heterocycles. The smallest absolute Gasteiger partial charge is 0.330 e. The Morgan fingerprint density at radius 2 is 1.49 bits per heavy atom. The number of aryl methyl sites for hydroxylation is 2. The third-order valence-corrected chi connectivity index (χ3v) is 14.0. The van der Waals surface area contributed by atoms with Crippen LogP contribution in [0.4, 0.5) is 0 Å². The molecule has 0 saturated carbocycles. The molecule has 3 saturated heterocycles. The van der Waals surface area contributed by atoms with Crippen LogP contribution in [0.5, 0.6) is 0 Å². The zero-order chi connectivity index (χ0) is 48.0. The van der Waals surface area contributed by atoms with Crippen LogP contribution >= 0.6 is 41.0 Å². The van der Waals surface area contributed by atoms with Crippen molar-refractivity contribution in [2.75, 3.05) is 44.3 Å². The summed E-state index contributed by atoms with van der Waals surface area (Å²) in [7, 11) is -4.46. The predicted octanol–water partition coefficient (Wildman–Crippen LogP) is 3.03. The summed E-state index contributed by atoms with van der Waals surface area (Å²) in [6.07, 6.45) is 2.72. The van der Waals surface area contributed by atoms with Crippen molar-refractivity contribution in [2.24, 2.45) is 0 Å². The van der Waals surface area contributed by atoms with Crippen LogP contribution in [0.25, 0.3) is 0 Å². The van der Waals surface area contributed by atoms with Gasteiger partial charge in [0, 0.05) is 61.7 Å². The molecule has 2 aromatic heterocycles. The van der Waals surface area contributed by atoms with Gasteiger partial charge in [-0.15, -0.1) is 0 Å². The Kier molecular flexibility index (Phi) is 19.7. The lowest BCUT2D eigenvalue weighted by Gasteiger charge is -2.40. The molecule has 0 aliphatic carbocycles. The van der Waals surface area contributed by atoms with Crippen LogP contribution in [-0.4, -0.2) is 138 Å². The molecule has 24 heteroatoms. The molecule has 0 radical (unpaired) electrons. The molecule has 61 heavy (non-hydrogen) atoms. The van der Waals surface area contributed by atoms with E-state index in [0.29, 0.717) is 30.0 Å². The van der Waals surface area contributed by atoms with E-state index < -0.39 is 79.6 Å². The number of aromatic amines is 2. The first-order valence-corrected chi connectivity index (χ1v) is 25.1. The van der Waals surface area contributed by atoms with Gasteiger partial charge in [0.15, 0.2) is 8.38 Å².